The summed E-state index contributed by atoms with van der Waals surface area (Å²) in [5, 5.41) is 0. The molecule has 0 radical (unpaired) electrons. The quantitative estimate of drug-likeness (QED) is 0.517. The predicted molar refractivity (Wildman–Crippen MR) is 33.1 cm³/mol. The van der Waals surface area contributed by atoms with E-state index < -0.39 is 11.7 Å². The molecule has 10 heavy (non-hydrogen) atoms. The van der Waals surface area contributed by atoms with Gasteiger partial charge in [0.1, 0.15) is 0 Å². The molecule has 4 nitrogen and oxygen atoms in total. The molecule has 1 rings (SSSR count). The highest BCUT2D eigenvalue weighted by Crippen LogP contribution is 2.03. The van der Waals surface area contributed by atoms with Gasteiger partial charge in [-0.25, -0.2) is 4.39 Å². The van der Waals surface area contributed by atoms with Gasteiger partial charge in [-0.1, -0.05) is 0 Å². The highest BCUT2D eigenvalue weighted by molar-refractivity contribution is 5.91. The summed E-state index contributed by atoms with van der Waals surface area (Å²) in [4.78, 5) is 10.4. The molecule has 0 atom stereocenters. The Hall–Kier alpha value is -1.52. The number of amides is 1. The smallest absolute Gasteiger partial charge is 0.270 e. The Kier molecular flexibility index (Phi) is 1.33. The van der Waals surface area contributed by atoms with Crippen LogP contribution in [0.5, 0.6) is 0 Å². The van der Waals surface area contributed by atoms with E-state index in [1.165, 1.54) is 6.20 Å². The van der Waals surface area contributed by atoms with Crippen molar-refractivity contribution in [1.29, 1.82) is 0 Å². The Morgan fingerprint density at radius 2 is 2.30 bits per heavy atom. The van der Waals surface area contributed by atoms with Crippen molar-refractivity contribution in [2.45, 2.75) is 0 Å². The topological polar surface area (TPSA) is 74.0 Å². The average Bonchev–Trinajstić information content (AvgIpc) is 2.11. The molecule has 0 fully saturated rings. The second kappa shape index (κ2) is 2.02. The van der Waals surface area contributed by atoms with Crippen molar-refractivity contribution < 1.29 is 9.18 Å². The van der Waals surface area contributed by atoms with Gasteiger partial charge in [-0.05, 0) is 6.07 Å². The summed E-state index contributed by atoms with van der Waals surface area (Å²) in [6.07, 6.45) is 1.22. The zero-order valence-corrected chi connectivity index (χ0v) is 5.04. The predicted octanol–water partition coefficient (Wildman–Crippen LogP) is -0.560. The number of hydrogen-bond donors (Lipinski definition) is 2. The number of nitrogens with zero attached hydrogens (tertiary/aromatic N) is 1. The molecular weight excluding hydrogens is 137 g/mol. The lowest BCUT2D eigenvalue weighted by Gasteiger charge is -1.95. The molecule has 0 aliphatic heterocycles. The van der Waals surface area contributed by atoms with E-state index in [1.54, 1.807) is 0 Å². The number of halogens is 1. The minimum atomic E-state index is -0.870. The lowest BCUT2D eigenvalue weighted by atomic mass is 10.4. The van der Waals surface area contributed by atoms with Crippen LogP contribution in [0.2, 0.25) is 0 Å². The van der Waals surface area contributed by atoms with Gasteiger partial charge in [-0.3, -0.25) is 9.47 Å². The zero-order valence-electron chi connectivity index (χ0n) is 5.04. The fourth-order valence-corrected chi connectivity index (χ4v) is 0.667. The first kappa shape index (κ1) is 6.60. The number of nitrogen functional groups attached to an aromatic ring is 1. The van der Waals surface area contributed by atoms with Gasteiger partial charge in [0.15, 0.2) is 11.5 Å². The van der Waals surface area contributed by atoms with Gasteiger partial charge < -0.3 is 11.6 Å². The Balaban J connectivity index is 3.23. The van der Waals surface area contributed by atoms with Gasteiger partial charge in [-0.2, -0.15) is 0 Å². The van der Waals surface area contributed by atoms with Crippen molar-refractivity contribution in [3.8, 4) is 0 Å². The highest BCUT2D eigenvalue weighted by Gasteiger charge is 2.11. The molecule has 1 aromatic rings. The molecule has 0 aliphatic carbocycles. The normalized spacial score (nSPS) is 9.70. The monoisotopic (exact) mass is 143 g/mol. The van der Waals surface area contributed by atoms with Crippen LogP contribution in [0.15, 0.2) is 12.3 Å². The third kappa shape index (κ3) is 0.812. The summed E-state index contributed by atoms with van der Waals surface area (Å²) in [7, 11) is 0. The fraction of sp³-hybridized carbons (Fsp3) is 0. The van der Waals surface area contributed by atoms with E-state index >= 15 is 0 Å². The third-order valence-electron chi connectivity index (χ3n) is 1.10. The van der Waals surface area contributed by atoms with E-state index in [-0.39, 0.29) is 5.69 Å². The number of aromatic nitrogens is 1. The van der Waals surface area contributed by atoms with E-state index in [2.05, 4.69) is 0 Å². The Labute approximate surface area is 56.2 Å². The molecule has 4 N–H and O–H groups in total. The van der Waals surface area contributed by atoms with Crippen LogP contribution in [0.1, 0.15) is 10.5 Å². The van der Waals surface area contributed by atoms with Crippen LogP contribution >= 0.6 is 0 Å². The molecule has 0 aromatic carbocycles. The van der Waals surface area contributed by atoms with E-state index in [0.717, 1.165) is 10.7 Å². The van der Waals surface area contributed by atoms with Crippen LogP contribution in [0, 0.1) is 5.82 Å². The standard InChI is InChI=1S/C5H6FN3O/c6-3-1-2-9(8)4(3)5(7)10/h1-2H,8H2,(H2,7,10). The molecular formula is C5H6FN3O. The SMILES string of the molecule is NC(=O)c1c(F)ccn1N. The van der Waals surface area contributed by atoms with Gasteiger partial charge in [-0.15, -0.1) is 0 Å². The maximum atomic E-state index is 12.5. The first-order valence-electron chi connectivity index (χ1n) is 2.54. The van der Waals surface area contributed by atoms with Gasteiger partial charge in [0.05, 0.1) is 0 Å². The average molecular weight is 143 g/mol. The molecule has 54 valence electrons. The van der Waals surface area contributed by atoms with Crippen LogP contribution < -0.4 is 11.6 Å². The molecule has 0 unspecified atom stereocenters. The molecule has 0 spiro atoms. The summed E-state index contributed by atoms with van der Waals surface area (Å²) in [5.74, 6) is 3.55. The highest BCUT2D eigenvalue weighted by atomic mass is 19.1. The van der Waals surface area contributed by atoms with Crippen molar-refractivity contribution in [3.63, 3.8) is 0 Å². The number of carbonyl (C=O) groups excluding carboxylic acids is 1. The lowest BCUT2D eigenvalue weighted by molar-refractivity contribution is 0.0989. The van der Waals surface area contributed by atoms with Crippen LogP contribution in [0.3, 0.4) is 0 Å². The van der Waals surface area contributed by atoms with Crippen molar-refractivity contribution in [1.82, 2.24) is 4.68 Å². The number of rotatable bonds is 1. The summed E-state index contributed by atoms with van der Waals surface area (Å²) in [5.41, 5.74) is 4.47. The lowest BCUT2D eigenvalue weighted by Crippen LogP contribution is -2.22. The fourth-order valence-electron chi connectivity index (χ4n) is 0.667. The third-order valence-corrected chi connectivity index (χ3v) is 1.10. The maximum absolute atomic E-state index is 12.5. The minimum Gasteiger partial charge on any atom is -0.364 e. The van der Waals surface area contributed by atoms with E-state index in [4.69, 9.17) is 11.6 Å². The summed E-state index contributed by atoms with van der Waals surface area (Å²) >= 11 is 0. The maximum Gasteiger partial charge on any atom is 0.270 e. The van der Waals surface area contributed by atoms with Crippen LogP contribution in [-0.2, 0) is 0 Å². The van der Waals surface area contributed by atoms with Gasteiger partial charge in [0.2, 0.25) is 0 Å². The van der Waals surface area contributed by atoms with E-state index in [0.29, 0.717) is 0 Å². The molecule has 1 aromatic heterocycles. The Morgan fingerprint density at radius 3 is 2.50 bits per heavy atom. The number of nitrogens with two attached hydrogens (primary N) is 2. The van der Waals surface area contributed by atoms with Crippen LogP contribution in [0.4, 0.5) is 4.39 Å². The van der Waals surface area contributed by atoms with Gasteiger partial charge in [0.25, 0.3) is 5.91 Å². The molecule has 0 saturated carbocycles. The number of hydrogen-bond acceptors (Lipinski definition) is 2. The number of carbonyl (C=O) groups is 1. The first-order chi connectivity index (χ1) is 4.63. The van der Waals surface area contributed by atoms with Crippen molar-refractivity contribution in [2.75, 3.05) is 5.84 Å². The number of primary amides is 1. The first-order valence-corrected chi connectivity index (χ1v) is 2.54. The summed E-state index contributed by atoms with van der Waals surface area (Å²) < 4.78 is 13.3. The molecule has 0 bridgehead atoms. The Morgan fingerprint density at radius 1 is 1.70 bits per heavy atom. The van der Waals surface area contributed by atoms with Crippen LogP contribution in [0.25, 0.3) is 0 Å². The van der Waals surface area contributed by atoms with Crippen LogP contribution in [-0.4, -0.2) is 10.6 Å². The van der Waals surface area contributed by atoms with Gasteiger partial charge >= 0.3 is 0 Å². The summed E-state index contributed by atoms with van der Waals surface area (Å²) in [6, 6.07) is 1.07. The molecule has 1 heterocycles. The molecule has 0 aliphatic rings. The zero-order chi connectivity index (χ0) is 7.72. The molecule has 1 amide bonds. The van der Waals surface area contributed by atoms with Crippen molar-refractivity contribution in [3.05, 3.63) is 23.8 Å². The second-order valence-corrected chi connectivity index (χ2v) is 1.78. The largest absolute Gasteiger partial charge is 0.364 e. The molecule has 5 heteroatoms. The van der Waals surface area contributed by atoms with E-state index in [9.17, 15) is 9.18 Å². The van der Waals surface area contributed by atoms with Crippen molar-refractivity contribution >= 4 is 5.91 Å². The summed E-state index contributed by atoms with van der Waals surface area (Å²) in [6.45, 7) is 0. The Bertz CT molecular complexity index is 248. The minimum absolute atomic E-state index is 0.306. The van der Waals surface area contributed by atoms with E-state index in [1.807, 2.05) is 0 Å². The molecule has 0 saturated heterocycles. The van der Waals surface area contributed by atoms with Crippen molar-refractivity contribution in [2.24, 2.45) is 5.73 Å². The second-order valence-electron chi connectivity index (χ2n) is 1.78. The van der Waals surface area contributed by atoms with Gasteiger partial charge in [0, 0.05) is 6.20 Å².